The van der Waals surface area contributed by atoms with Crippen molar-refractivity contribution in [3.63, 3.8) is 0 Å². The Morgan fingerprint density at radius 3 is 1.33 bits per heavy atom. The Labute approximate surface area is 312 Å². The molecule has 0 unspecified atom stereocenters. The summed E-state index contributed by atoms with van der Waals surface area (Å²) in [4.78, 5) is 0. The van der Waals surface area contributed by atoms with Crippen LogP contribution in [0.25, 0.3) is 88.4 Å². The van der Waals surface area contributed by atoms with Gasteiger partial charge in [-0.2, -0.15) is 10.5 Å². The lowest BCUT2D eigenvalue weighted by atomic mass is 9.99. The highest BCUT2D eigenvalue weighted by Crippen LogP contribution is 2.39. The largest absolute Gasteiger partial charge is 0.309 e. The van der Waals surface area contributed by atoms with E-state index in [0.717, 1.165) is 55.3 Å². The van der Waals surface area contributed by atoms with Crippen molar-refractivity contribution in [2.75, 3.05) is 0 Å². The molecule has 0 saturated heterocycles. The molecule has 54 heavy (non-hydrogen) atoms. The molecule has 0 atom stereocenters. The lowest BCUT2D eigenvalue weighted by Crippen LogP contribution is -1.96. The number of nitrogens with zero attached hydrogens (tertiary/aromatic N) is 4. The Morgan fingerprint density at radius 1 is 0.296 bits per heavy atom. The molecular weight excluding hydrogens is 657 g/mol. The first kappa shape index (κ1) is 31.1. The molecule has 0 aliphatic heterocycles. The third-order valence-corrected chi connectivity index (χ3v) is 10.5. The smallest absolute Gasteiger partial charge is 0.0992 e. The van der Waals surface area contributed by atoms with Gasteiger partial charge in [0.1, 0.15) is 0 Å². The molecule has 0 aliphatic carbocycles. The molecule has 10 aromatic rings. The highest BCUT2D eigenvalue weighted by atomic mass is 15.0. The monoisotopic (exact) mass is 686 g/mol. The number of benzene rings is 8. The van der Waals surface area contributed by atoms with Gasteiger partial charge in [0.25, 0.3) is 0 Å². The van der Waals surface area contributed by atoms with Crippen molar-refractivity contribution in [3.05, 3.63) is 193 Å². The summed E-state index contributed by atoms with van der Waals surface area (Å²) >= 11 is 0. The molecule has 0 saturated carbocycles. The molecule has 8 aromatic carbocycles. The zero-order valence-corrected chi connectivity index (χ0v) is 29.1. The Balaban J connectivity index is 1.10. The summed E-state index contributed by atoms with van der Waals surface area (Å²) < 4.78 is 4.53. The Hall–Kier alpha value is -7.66. The minimum Gasteiger partial charge on any atom is -0.309 e. The van der Waals surface area contributed by atoms with Gasteiger partial charge in [-0.25, -0.2) is 0 Å². The third kappa shape index (κ3) is 5.06. The van der Waals surface area contributed by atoms with Gasteiger partial charge in [-0.3, -0.25) is 0 Å². The molecule has 0 amide bonds. The Morgan fingerprint density at radius 2 is 0.741 bits per heavy atom. The van der Waals surface area contributed by atoms with Crippen molar-refractivity contribution >= 4 is 43.6 Å². The summed E-state index contributed by atoms with van der Waals surface area (Å²) in [6.07, 6.45) is 0. The van der Waals surface area contributed by atoms with Crippen LogP contribution in [0, 0.1) is 22.7 Å². The van der Waals surface area contributed by atoms with E-state index in [9.17, 15) is 10.5 Å². The summed E-state index contributed by atoms with van der Waals surface area (Å²) in [7, 11) is 0. The molecule has 10 rings (SSSR count). The molecule has 0 spiro atoms. The van der Waals surface area contributed by atoms with Crippen LogP contribution in [0.1, 0.15) is 11.1 Å². The molecule has 0 fully saturated rings. The summed E-state index contributed by atoms with van der Waals surface area (Å²) in [6, 6.07) is 68.2. The van der Waals surface area contributed by atoms with E-state index in [4.69, 9.17) is 0 Å². The number of nitriles is 2. The van der Waals surface area contributed by atoms with E-state index in [-0.39, 0.29) is 0 Å². The summed E-state index contributed by atoms with van der Waals surface area (Å²) in [5.74, 6) is 0. The van der Waals surface area contributed by atoms with E-state index in [2.05, 4.69) is 179 Å². The van der Waals surface area contributed by atoms with Crippen molar-refractivity contribution in [2.24, 2.45) is 0 Å². The highest BCUT2D eigenvalue weighted by molar-refractivity contribution is 6.12. The molecule has 2 aromatic heterocycles. The fraction of sp³-hybridized carbons (Fsp3) is 0. The van der Waals surface area contributed by atoms with Crippen molar-refractivity contribution in [2.45, 2.75) is 0 Å². The minimum atomic E-state index is 0.461. The van der Waals surface area contributed by atoms with Crippen LogP contribution in [0.4, 0.5) is 0 Å². The van der Waals surface area contributed by atoms with Gasteiger partial charge in [-0.15, -0.1) is 0 Å². The van der Waals surface area contributed by atoms with Crippen LogP contribution in [0.15, 0.2) is 182 Å². The molecule has 0 N–H and O–H groups in total. The van der Waals surface area contributed by atoms with Crippen LogP contribution in [-0.4, -0.2) is 9.13 Å². The first-order valence-electron chi connectivity index (χ1n) is 18.0. The standard InChI is InChI=1S/C50H30N4/c51-31-33-24-34(32-52)26-42(25-33)54-48-19-7-5-17-44(48)46-30-40(21-23-50(46)54)39-20-22-49-45(29-39)43-16-4-6-18-47(43)53(49)41-15-9-14-38(28-41)37-13-8-12-36(27-37)35-10-2-1-3-11-35/h1-30H. The molecule has 0 bridgehead atoms. The van der Waals surface area contributed by atoms with Crippen LogP contribution in [0.3, 0.4) is 0 Å². The molecule has 2 heterocycles. The first-order valence-corrected chi connectivity index (χ1v) is 18.0. The third-order valence-electron chi connectivity index (χ3n) is 10.5. The van der Waals surface area contributed by atoms with E-state index in [1.165, 1.54) is 33.0 Å². The number of para-hydroxylation sites is 2. The molecule has 0 radical (unpaired) electrons. The average molecular weight is 687 g/mol. The minimum absolute atomic E-state index is 0.461. The second-order valence-electron chi connectivity index (χ2n) is 13.7. The molecular formula is C50H30N4. The van der Waals surface area contributed by atoms with Gasteiger partial charge in [0, 0.05) is 32.9 Å². The molecule has 4 nitrogen and oxygen atoms in total. The zero-order valence-electron chi connectivity index (χ0n) is 29.1. The van der Waals surface area contributed by atoms with Gasteiger partial charge < -0.3 is 9.13 Å². The highest BCUT2D eigenvalue weighted by Gasteiger charge is 2.17. The topological polar surface area (TPSA) is 57.4 Å². The SMILES string of the molecule is N#Cc1cc(C#N)cc(-n2c3ccccc3c3cc(-c4ccc5c(c4)c4ccccc4n5-c4cccc(-c5cccc(-c6ccccc6)c5)c4)ccc32)c1. The van der Waals surface area contributed by atoms with Crippen LogP contribution in [-0.2, 0) is 0 Å². The fourth-order valence-corrected chi connectivity index (χ4v) is 8.06. The fourth-order valence-electron chi connectivity index (χ4n) is 8.06. The second kappa shape index (κ2) is 12.5. The van der Waals surface area contributed by atoms with Crippen LogP contribution in [0.5, 0.6) is 0 Å². The summed E-state index contributed by atoms with van der Waals surface area (Å²) in [5, 5.41) is 24.0. The van der Waals surface area contributed by atoms with Gasteiger partial charge >= 0.3 is 0 Å². The van der Waals surface area contributed by atoms with Crippen LogP contribution >= 0.6 is 0 Å². The van der Waals surface area contributed by atoms with Gasteiger partial charge in [0.15, 0.2) is 0 Å². The van der Waals surface area contributed by atoms with Gasteiger partial charge in [-0.05, 0) is 106 Å². The molecule has 0 aliphatic rings. The van der Waals surface area contributed by atoms with Crippen LogP contribution < -0.4 is 0 Å². The van der Waals surface area contributed by atoms with Crippen molar-refractivity contribution < 1.29 is 0 Å². The lowest BCUT2D eigenvalue weighted by molar-refractivity contribution is 1.17. The molecule has 250 valence electrons. The van der Waals surface area contributed by atoms with Gasteiger partial charge in [-0.1, -0.05) is 109 Å². The maximum atomic E-state index is 9.71. The second-order valence-corrected chi connectivity index (χ2v) is 13.7. The normalized spacial score (nSPS) is 11.3. The van der Waals surface area contributed by atoms with Gasteiger partial charge in [0.05, 0.1) is 45.3 Å². The molecule has 4 heteroatoms. The maximum absolute atomic E-state index is 9.71. The van der Waals surface area contributed by atoms with E-state index in [1.54, 1.807) is 6.07 Å². The van der Waals surface area contributed by atoms with Gasteiger partial charge in [0.2, 0.25) is 0 Å². The van der Waals surface area contributed by atoms with Crippen molar-refractivity contribution in [3.8, 4) is 56.9 Å². The Bertz CT molecular complexity index is 3150. The number of hydrogen-bond acceptors (Lipinski definition) is 2. The lowest BCUT2D eigenvalue weighted by Gasteiger charge is -2.12. The summed E-state index contributed by atoms with van der Waals surface area (Å²) in [6.45, 7) is 0. The number of hydrogen-bond donors (Lipinski definition) is 0. The number of aromatic nitrogens is 2. The van der Waals surface area contributed by atoms with Crippen LogP contribution in [0.2, 0.25) is 0 Å². The van der Waals surface area contributed by atoms with Crippen molar-refractivity contribution in [1.29, 1.82) is 10.5 Å². The Kier molecular flexibility index (Phi) is 7.22. The average Bonchev–Trinajstić information content (AvgIpc) is 3.76. The van der Waals surface area contributed by atoms with E-state index >= 15 is 0 Å². The number of rotatable bonds is 5. The predicted octanol–water partition coefficient (Wildman–Crippen LogP) is 12.6. The quantitative estimate of drug-likeness (QED) is 0.181. The van der Waals surface area contributed by atoms with E-state index in [1.807, 2.05) is 18.2 Å². The first-order chi connectivity index (χ1) is 26.7. The maximum Gasteiger partial charge on any atom is 0.0992 e. The van der Waals surface area contributed by atoms with Crippen molar-refractivity contribution in [1.82, 2.24) is 9.13 Å². The predicted molar refractivity (Wildman–Crippen MR) is 221 cm³/mol. The van der Waals surface area contributed by atoms with E-state index in [0.29, 0.717) is 11.1 Å². The zero-order chi connectivity index (χ0) is 36.2. The van der Waals surface area contributed by atoms with E-state index < -0.39 is 0 Å². The summed E-state index contributed by atoms with van der Waals surface area (Å²) in [5.41, 5.74) is 14.2. The number of fused-ring (bicyclic) bond motifs is 6.